The Bertz CT molecular complexity index is 853. The van der Waals surface area contributed by atoms with Gasteiger partial charge in [0.2, 0.25) is 5.91 Å². The molecule has 0 saturated heterocycles. The summed E-state index contributed by atoms with van der Waals surface area (Å²) in [5.41, 5.74) is -0.0270. The number of carbonyl (C=O) groups excluding carboxylic acids is 3. The van der Waals surface area contributed by atoms with Crippen LogP contribution in [0.4, 0.5) is 10.5 Å². The number of hydrogen-bond acceptors (Lipinski definition) is 6. The second kappa shape index (κ2) is 9.79. The number of anilines is 1. The fraction of sp³-hybridized carbons (Fsp3) is 0.625. The van der Waals surface area contributed by atoms with Gasteiger partial charge in [-0.25, -0.2) is 9.59 Å². The molecule has 0 saturated carbocycles. The van der Waals surface area contributed by atoms with Crippen molar-refractivity contribution in [2.75, 3.05) is 4.90 Å². The molecule has 0 radical (unpaired) electrons. The lowest BCUT2D eigenvalue weighted by atomic mass is 10.1. The molecule has 1 aromatic rings. The third-order valence-corrected chi connectivity index (χ3v) is 4.96. The van der Waals surface area contributed by atoms with Crippen molar-refractivity contribution in [3.05, 3.63) is 23.8 Å². The summed E-state index contributed by atoms with van der Waals surface area (Å²) in [6, 6.07) is 4.04. The summed E-state index contributed by atoms with van der Waals surface area (Å²) in [5.74, 6) is -0.627. The first-order valence-corrected chi connectivity index (χ1v) is 11.1. The van der Waals surface area contributed by atoms with E-state index in [2.05, 4.69) is 5.32 Å². The number of aromatic hydroxyl groups is 1. The molecule has 2 amide bonds. The van der Waals surface area contributed by atoms with Crippen molar-refractivity contribution < 1.29 is 29.0 Å². The molecule has 1 heterocycles. The molecule has 2 N–H and O–H groups in total. The van der Waals surface area contributed by atoms with Crippen molar-refractivity contribution in [1.29, 1.82) is 0 Å². The van der Waals surface area contributed by atoms with Crippen LogP contribution in [0.2, 0.25) is 0 Å². The Balaban J connectivity index is 2.15. The van der Waals surface area contributed by atoms with Crippen molar-refractivity contribution in [3.8, 4) is 5.75 Å². The lowest BCUT2D eigenvalue weighted by molar-refractivity contribution is -0.157. The number of fused-ring (bicyclic) bond motifs is 1. The standard InChI is InChI=1S/C24H36N2O6/c1-8-15-14-16-18(10-9-11-19(16)27)26(15)20(28)13-12-17(21(29)31-23(2,3)4)25-22(30)32-24(5,6)7/h9-11,15,17,27H,8,12-14H2,1-7H3,(H,25,30)/t15?,17-/m0/s1. The van der Waals surface area contributed by atoms with E-state index in [1.165, 1.54) is 0 Å². The van der Waals surface area contributed by atoms with E-state index in [1.807, 2.05) is 13.0 Å². The molecule has 1 aliphatic heterocycles. The second-order valence-electron chi connectivity index (χ2n) is 10.1. The minimum Gasteiger partial charge on any atom is -0.508 e. The number of esters is 1. The number of hydrogen-bond donors (Lipinski definition) is 2. The molecule has 1 aliphatic rings. The zero-order valence-electron chi connectivity index (χ0n) is 20.2. The Morgan fingerprint density at radius 1 is 1.12 bits per heavy atom. The number of carbonyl (C=O) groups is 3. The van der Waals surface area contributed by atoms with Crippen LogP contribution >= 0.6 is 0 Å². The van der Waals surface area contributed by atoms with Gasteiger partial charge in [0.1, 0.15) is 23.0 Å². The van der Waals surface area contributed by atoms with Crippen LogP contribution in [0.1, 0.15) is 73.3 Å². The normalized spacial score (nSPS) is 16.8. The van der Waals surface area contributed by atoms with Gasteiger partial charge in [0, 0.05) is 18.0 Å². The smallest absolute Gasteiger partial charge is 0.408 e. The minimum atomic E-state index is -1.03. The van der Waals surface area contributed by atoms with E-state index in [-0.39, 0.29) is 30.5 Å². The molecule has 0 spiro atoms. The van der Waals surface area contributed by atoms with E-state index in [1.54, 1.807) is 58.6 Å². The maximum atomic E-state index is 13.2. The number of alkyl carbamates (subject to hydrolysis) is 1. The summed E-state index contributed by atoms with van der Waals surface area (Å²) < 4.78 is 10.7. The summed E-state index contributed by atoms with van der Waals surface area (Å²) in [5, 5.41) is 12.7. The van der Waals surface area contributed by atoms with Crippen molar-refractivity contribution in [1.82, 2.24) is 5.32 Å². The first-order chi connectivity index (χ1) is 14.7. The van der Waals surface area contributed by atoms with Crippen LogP contribution < -0.4 is 10.2 Å². The van der Waals surface area contributed by atoms with E-state index >= 15 is 0 Å². The van der Waals surface area contributed by atoms with Crippen molar-refractivity contribution in [2.24, 2.45) is 0 Å². The molecule has 0 aromatic heterocycles. The number of phenolic OH excluding ortho intramolecular Hbond substituents is 1. The number of nitrogens with zero attached hydrogens (tertiary/aromatic N) is 1. The monoisotopic (exact) mass is 448 g/mol. The lowest BCUT2D eigenvalue weighted by Gasteiger charge is -2.28. The molecule has 178 valence electrons. The Morgan fingerprint density at radius 2 is 1.75 bits per heavy atom. The van der Waals surface area contributed by atoms with E-state index in [9.17, 15) is 19.5 Å². The Labute approximate surface area is 190 Å². The molecule has 8 heteroatoms. The highest BCUT2D eigenvalue weighted by molar-refractivity contribution is 5.97. The molecule has 8 nitrogen and oxygen atoms in total. The van der Waals surface area contributed by atoms with Gasteiger partial charge in [0.15, 0.2) is 0 Å². The van der Waals surface area contributed by atoms with Gasteiger partial charge in [0.05, 0.1) is 5.69 Å². The van der Waals surface area contributed by atoms with Crippen LogP contribution in [0.5, 0.6) is 5.75 Å². The van der Waals surface area contributed by atoms with E-state index in [0.717, 1.165) is 12.0 Å². The first-order valence-electron chi connectivity index (χ1n) is 11.1. The largest absolute Gasteiger partial charge is 0.508 e. The predicted octanol–water partition coefficient (Wildman–Crippen LogP) is 4.08. The van der Waals surface area contributed by atoms with E-state index in [0.29, 0.717) is 12.1 Å². The third kappa shape index (κ3) is 6.87. The summed E-state index contributed by atoms with van der Waals surface area (Å²) in [6.45, 7) is 12.4. The van der Waals surface area contributed by atoms with Crippen molar-refractivity contribution >= 4 is 23.7 Å². The quantitative estimate of drug-likeness (QED) is 0.636. The van der Waals surface area contributed by atoms with Crippen LogP contribution in [0.15, 0.2) is 18.2 Å². The molecule has 32 heavy (non-hydrogen) atoms. The summed E-state index contributed by atoms with van der Waals surface area (Å²) in [7, 11) is 0. The first kappa shape index (κ1) is 25.5. The highest BCUT2D eigenvalue weighted by atomic mass is 16.6. The number of nitrogens with one attached hydrogen (secondary N) is 1. The van der Waals surface area contributed by atoms with Gasteiger partial charge in [-0.3, -0.25) is 4.79 Å². The second-order valence-corrected chi connectivity index (χ2v) is 10.1. The Kier molecular flexibility index (Phi) is 7.80. The average Bonchev–Trinajstić information content (AvgIpc) is 3.02. The number of amides is 2. The van der Waals surface area contributed by atoms with Gasteiger partial charge in [-0.05, 0) is 72.9 Å². The third-order valence-electron chi connectivity index (χ3n) is 4.96. The number of ether oxygens (including phenoxy) is 2. The summed E-state index contributed by atoms with van der Waals surface area (Å²) in [4.78, 5) is 39.8. The van der Waals surface area contributed by atoms with Crippen molar-refractivity contribution in [2.45, 2.75) is 97.4 Å². The molecule has 0 bridgehead atoms. The van der Waals surface area contributed by atoms with Gasteiger partial charge < -0.3 is 24.8 Å². The Morgan fingerprint density at radius 3 is 2.31 bits per heavy atom. The SMILES string of the molecule is CCC1Cc2c(O)cccc2N1C(=O)CC[C@H](NC(=O)OC(C)(C)C)C(=O)OC(C)(C)C. The fourth-order valence-corrected chi connectivity index (χ4v) is 3.65. The van der Waals surface area contributed by atoms with Gasteiger partial charge in [-0.2, -0.15) is 0 Å². The van der Waals surface area contributed by atoms with Crippen LogP contribution in [0, 0.1) is 0 Å². The maximum Gasteiger partial charge on any atom is 0.408 e. The van der Waals surface area contributed by atoms with E-state index < -0.39 is 29.3 Å². The highest BCUT2D eigenvalue weighted by Crippen LogP contribution is 2.39. The fourth-order valence-electron chi connectivity index (χ4n) is 3.65. The molecule has 1 aromatic carbocycles. The van der Waals surface area contributed by atoms with Gasteiger partial charge in [-0.1, -0.05) is 13.0 Å². The molecule has 2 rings (SSSR count). The zero-order valence-corrected chi connectivity index (χ0v) is 20.2. The van der Waals surface area contributed by atoms with Crippen LogP contribution in [0.25, 0.3) is 0 Å². The van der Waals surface area contributed by atoms with Gasteiger partial charge in [-0.15, -0.1) is 0 Å². The lowest BCUT2D eigenvalue weighted by Crippen LogP contribution is -2.47. The Hall–Kier alpha value is -2.77. The highest BCUT2D eigenvalue weighted by Gasteiger charge is 2.35. The van der Waals surface area contributed by atoms with Crippen LogP contribution in [-0.2, 0) is 25.5 Å². The molecule has 0 fully saturated rings. The summed E-state index contributed by atoms with van der Waals surface area (Å²) >= 11 is 0. The number of rotatable bonds is 6. The maximum absolute atomic E-state index is 13.2. The predicted molar refractivity (Wildman–Crippen MR) is 122 cm³/mol. The molecular weight excluding hydrogens is 412 g/mol. The summed E-state index contributed by atoms with van der Waals surface area (Å²) in [6.07, 6.45) is 0.643. The number of benzene rings is 1. The number of phenols is 1. The molecule has 1 unspecified atom stereocenters. The van der Waals surface area contributed by atoms with Gasteiger partial charge >= 0.3 is 12.1 Å². The minimum absolute atomic E-state index is 0.0192. The average molecular weight is 449 g/mol. The zero-order chi connectivity index (χ0) is 24.3. The van der Waals surface area contributed by atoms with Crippen molar-refractivity contribution in [3.63, 3.8) is 0 Å². The van der Waals surface area contributed by atoms with Crippen LogP contribution in [0.3, 0.4) is 0 Å². The topological polar surface area (TPSA) is 105 Å². The molecular formula is C24H36N2O6. The molecule has 2 atom stereocenters. The van der Waals surface area contributed by atoms with E-state index in [4.69, 9.17) is 9.47 Å². The molecule has 0 aliphatic carbocycles. The van der Waals surface area contributed by atoms with Crippen LogP contribution in [-0.4, -0.2) is 46.4 Å². The van der Waals surface area contributed by atoms with Gasteiger partial charge in [0.25, 0.3) is 0 Å².